The van der Waals surface area contributed by atoms with Gasteiger partial charge in [0.25, 0.3) is 11.5 Å². The fourth-order valence-electron chi connectivity index (χ4n) is 2.57. The van der Waals surface area contributed by atoms with Crippen LogP contribution in [-0.2, 0) is 4.79 Å². The molecule has 0 bridgehead atoms. The molecule has 1 fully saturated rings. The largest absolute Gasteiger partial charge is 0.339 e. The summed E-state index contributed by atoms with van der Waals surface area (Å²) in [4.78, 5) is 42.2. The number of aromatic nitrogens is 1. The summed E-state index contributed by atoms with van der Waals surface area (Å²) < 4.78 is 0. The Morgan fingerprint density at radius 2 is 2.10 bits per heavy atom. The van der Waals surface area contributed by atoms with E-state index in [1.165, 1.54) is 17.2 Å². The fraction of sp³-hybridized carbons (Fsp3) is 0.533. The summed E-state index contributed by atoms with van der Waals surface area (Å²) in [5, 5.41) is 0. The van der Waals surface area contributed by atoms with E-state index < -0.39 is 11.6 Å². The number of amides is 2. The van der Waals surface area contributed by atoms with Gasteiger partial charge in [-0.15, -0.1) is 0 Å². The minimum Gasteiger partial charge on any atom is -0.339 e. The van der Waals surface area contributed by atoms with Crippen molar-refractivity contribution < 1.29 is 9.59 Å². The molecule has 0 saturated carbocycles. The highest BCUT2D eigenvalue weighted by Gasteiger charge is 2.35. The number of H-pyrrole nitrogens is 1. The Balaban J connectivity index is 2.16. The number of hydrogen-bond acceptors (Lipinski definition) is 3. The van der Waals surface area contributed by atoms with Crippen molar-refractivity contribution in [2.75, 3.05) is 19.6 Å². The van der Waals surface area contributed by atoms with E-state index in [1.807, 2.05) is 0 Å². The number of carbonyl (C=O) groups is 2. The molecule has 0 radical (unpaired) electrons. The van der Waals surface area contributed by atoms with Gasteiger partial charge >= 0.3 is 0 Å². The lowest BCUT2D eigenvalue weighted by Crippen LogP contribution is -2.58. The van der Waals surface area contributed by atoms with Gasteiger partial charge in [0.15, 0.2) is 0 Å². The summed E-state index contributed by atoms with van der Waals surface area (Å²) in [6, 6.07) is 2.55. The maximum absolute atomic E-state index is 12.4. The maximum atomic E-state index is 12.4. The summed E-state index contributed by atoms with van der Waals surface area (Å²) in [7, 11) is 0. The Labute approximate surface area is 123 Å². The van der Waals surface area contributed by atoms with Crippen LogP contribution in [0.4, 0.5) is 0 Å². The molecular formula is C15H21N3O3. The molecule has 114 valence electrons. The molecule has 1 saturated heterocycles. The van der Waals surface area contributed by atoms with Crippen molar-refractivity contribution in [2.24, 2.45) is 5.92 Å². The van der Waals surface area contributed by atoms with E-state index in [0.29, 0.717) is 25.6 Å². The predicted octanol–water partition coefficient (Wildman–Crippen LogP) is 0.704. The van der Waals surface area contributed by atoms with Crippen molar-refractivity contribution in [2.45, 2.75) is 26.8 Å². The lowest BCUT2D eigenvalue weighted by atomic mass is 10.1. The third-order valence-electron chi connectivity index (χ3n) is 3.64. The Kier molecular flexibility index (Phi) is 4.45. The highest BCUT2D eigenvalue weighted by molar-refractivity contribution is 5.97. The van der Waals surface area contributed by atoms with Crippen LogP contribution in [-0.4, -0.2) is 52.3 Å². The van der Waals surface area contributed by atoms with E-state index in [9.17, 15) is 14.4 Å². The van der Waals surface area contributed by atoms with E-state index in [0.717, 1.165) is 0 Å². The first-order valence-electron chi connectivity index (χ1n) is 7.19. The van der Waals surface area contributed by atoms with E-state index in [-0.39, 0.29) is 17.4 Å². The predicted molar refractivity (Wildman–Crippen MR) is 79.0 cm³/mol. The molecule has 2 heterocycles. The summed E-state index contributed by atoms with van der Waals surface area (Å²) in [6.45, 7) is 7.48. The SMILES string of the molecule is CC(C)CN1CCN(C(=O)c2ccc[nH]c2=O)C(C)C1=O. The smallest absolute Gasteiger partial charge is 0.260 e. The van der Waals surface area contributed by atoms with Gasteiger partial charge in [-0.25, -0.2) is 0 Å². The van der Waals surface area contributed by atoms with Crippen LogP contribution in [0, 0.1) is 5.92 Å². The normalized spacial score (nSPS) is 19.2. The molecule has 0 aromatic carbocycles. The molecule has 0 spiro atoms. The van der Waals surface area contributed by atoms with E-state index in [4.69, 9.17) is 0 Å². The first-order chi connectivity index (χ1) is 9.91. The van der Waals surface area contributed by atoms with Crippen LogP contribution in [0.2, 0.25) is 0 Å². The highest BCUT2D eigenvalue weighted by Crippen LogP contribution is 2.15. The molecule has 2 amide bonds. The number of carbonyl (C=O) groups excluding carboxylic acids is 2. The fourth-order valence-corrected chi connectivity index (χ4v) is 2.57. The van der Waals surface area contributed by atoms with E-state index in [2.05, 4.69) is 18.8 Å². The Morgan fingerprint density at radius 3 is 2.71 bits per heavy atom. The lowest BCUT2D eigenvalue weighted by molar-refractivity contribution is -0.140. The molecule has 1 aliphatic heterocycles. The Hall–Kier alpha value is -2.11. The average molecular weight is 291 g/mol. The van der Waals surface area contributed by atoms with Gasteiger partial charge < -0.3 is 14.8 Å². The van der Waals surface area contributed by atoms with Gasteiger partial charge in [-0.2, -0.15) is 0 Å². The molecule has 0 aliphatic carbocycles. The molecule has 1 aromatic rings. The topological polar surface area (TPSA) is 73.5 Å². The van der Waals surface area contributed by atoms with Crippen molar-refractivity contribution in [3.05, 3.63) is 34.2 Å². The quantitative estimate of drug-likeness (QED) is 0.891. The summed E-state index contributed by atoms with van der Waals surface area (Å²) in [5.74, 6) is -0.0575. The second kappa shape index (κ2) is 6.11. The molecule has 6 nitrogen and oxygen atoms in total. The van der Waals surface area contributed by atoms with E-state index >= 15 is 0 Å². The van der Waals surface area contributed by atoms with Crippen LogP contribution in [0.3, 0.4) is 0 Å². The maximum Gasteiger partial charge on any atom is 0.260 e. The van der Waals surface area contributed by atoms with Gasteiger partial charge in [-0.1, -0.05) is 13.8 Å². The molecule has 21 heavy (non-hydrogen) atoms. The van der Waals surface area contributed by atoms with Gasteiger partial charge in [0.1, 0.15) is 11.6 Å². The van der Waals surface area contributed by atoms with Crippen molar-refractivity contribution >= 4 is 11.8 Å². The monoisotopic (exact) mass is 291 g/mol. The number of aromatic amines is 1. The molecule has 1 atom stereocenters. The summed E-state index contributed by atoms with van der Waals surface area (Å²) >= 11 is 0. The third-order valence-corrected chi connectivity index (χ3v) is 3.64. The number of hydrogen-bond donors (Lipinski definition) is 1. The Bertz CT molecular complexity index is 594. The summed E-state index contributed by atoms with van der Waals surface area (Å²) in [6.07, 6.45) is 1.48. The molecule has 6 heteroatoms. The average Bonchev–Trinajstić information content (AvgIpc) is 2.43. The van der Waals surface area contributed by atoms with Crippen LogP contribution in [0.5, 0.6) is 0 Å². The molecular weight excluding hydrogens is 270 g/mol. The molecule has 1 unspecified atom stereocenters. The number of piperazine rings is 1. The van der Waals surface area contributed by atoms with Crippen molar-refractivity contribution in [3.63, 3.8) is 0 Å². The van der Waals surface area contributed by atoms with Crippen LogP contribution in [0.25, 0.3) is 0 Å². The number of pyridine rings is 1. The van der Waals surface area contributed by atoms with Gasteiger partial charge in [0, 0.05) is 25.8 Å². The minimum atomic E-state index is -0.537. The number of nitrogens with zero attached hydrogens (tertiary/aromatic N) is 2. The third kappa shape index (κ3) is 3.15. The van der Waals surface area contributed by atoms with Crippen LogP contribution < -0.4 is 5.56 Å². The Morgan fingerprint density at radius 1 is 1.38 bits per heavy atom. The molecule has 1 aromatic heterocycles. The molecule has 1 aliphatic rings. The molecule has 1 N–H and O–H groups in total. The first-order valence-corrected chi connectivity index (χ1v) is 7.19. The van der Waals surface area contributed by atoms with Gasteiger partial charge in [0.2, 0.25) is 5.91 Å². The minimum absolute atomic E-state index is 0.0596. The zero-order chi connectivity index (χ0) is 15.6. The molecule has 2 rings (SSSR count). The first kappa shape index (κ1) is 15.3. The number of nitrogens with one attached hydrogen (secondary N) is 1. The van der Waals surface area contributed by atoms with Gasteiger partial charge in [-0.05, 0) is 25.0 Å². The van der Waals surface area contributed by atoms with Gasteiger partial charge in [0.05, 0.1) is 0 Å². The van der Waals surface area contributed by atoms with Crippen LogP contribution >= 0.6 is 0 Å². The second-order valence-electron chi connectivity index (χ2n) is 5.77. The van der Waals surface area contributed by atoms with Gasteiger partial charge in [-0.3, -0.25) is 14.4 Å². The standard InChI is InChI=1S/C15H21N3O3/c1-10(2)9-17-7-8-18(11(3)14(17)20)15(21)12-5-4-6-16-13(12)19/h4-6,10-11H,7-9H2,1-3H3,(H,16,19). The van der Waals surface area contributed by atoms with Crippen molar-refractivity contribution in [1.82, 2.24) is 14.8 Å². The number of rotatable bonds is 3. The lowest BCUT2D eigenvalue weighted by Gasteiger charge is -2.39. The zero-order valence-electron chi connectivity index (χ0n) is 12.6. The van der Waals surface area contributed by atoms with Crippen molar-refractivity contribution in [3.8, 4) is 0 Å². The zero-order valence-corrected chi connectivity index (χ0v) is 12.6. The van der Waals surface area contributed by atoms with Crippen LogP contribution in [0.15, 0.2) is 23.1 Å². The second-order valence-corrected chi connectivity index (χ2v) is 5.77. The highest BCUT2D eigenvalue weighted by atomic mass is 16.2. The van der Waals surface area contributed by atoms with E-state index in [1.54, 1.807) is 17.9 Å². The summed E-state index contributed by atoms with van der Waals surface area (Å²) in [5.41, 5.74) is -0.346. The van der Waals surface area contributed by atoms with Crippen molar-refractivity contribution in [1.29, 1.82) is 0 Å². The van der Waals surface area contributed by atoms with Crippen LogP contribution in [0.1, 0.15) is 31.1 Å².